The van der Waals surface area contributed by atoms with Crippen LogP contribution in [0, 0.1) is 29.3 Å². The Labute approximate surface area is 174 Å². The predicted octanol–water partition coefficient (Wildman–Crippen LogP) is 2.66. The number of benzene rings is 1. The molecule has 2 heterocycles. The van der Waals surface area contributed by atoms with Crippen LogP contribution >= 0.6 is 0 Å². The van der Waals surface area contributed by atoms with Crippen molar-refractivity contribution in [2.45, 2.75) is 69.5 Å². The van der Waals surface area contributed by atoms with Crippen molar-refractivity contribution in [3.05, 3.63) is 35.1 Å². The average Bonchev–Trinajstić information content (AvgIpc) is 2.92. The van der Waals surface area contributed by atoms with Gasteiger partial charge in [-0.3, -0.25) is 9.59 Å². The van der Waals surface area contributed by atoms with Gasteiger partial charge in [-0.15, -0.1) is 0 Å². The first-order valence-electron chi connectivity index (χ1n) is 10.8. The van der Waals surface area contributed by atoms with E-state index in [4.69, 9.17) is 5.73 Å². The highest BCUT2D eigenvalue weighted by Gasteiger charge is 2.44. The minimum absolute atomic E-state index is 0.0269. The van der Waals surface area contributed by atoms with E-state index in [0.717, 1.165) is 38.2 Å². The van der Waals surface area contributed by atoms with E-state index in [-0.39, 0.29) is 54.3 Å². The fourth-order valence-electron chi connectivity index (χ4n) is 5.19. The molecule has 3 aliphatic rings. The highest BCUT2D eigenvalue weighted by Crippen LogP contribution is 2.40. The van der Waals surface area contributed by atoms with Gasteiger partial charge in [-0.05, 0) is 62.5 Å². The molecule has 4 rings (SSSR count). The number of hydrogen-bond acceptors (Lipinski definition) is 3. The number of nitrogens with two attached hydrogens (primary N) is 1. The lowest BCUT2D eigenvalue weighted by molar-refractivity contribution is -0.138. The minimum Gasteiger partial charge on any atom is -0.347 e. The molecule has 3 atom stereocenters. The highest BCUT2D eigenvalue weighted by atomic mass is 19.2. The van der Waals surface area contributed by atoms with Crippen molar-refractivity contribution < 1.29 is 22.8 Å². The lowest BCUT2D eigenvalue weighted by atomic mass is 9.82. The first-order valence-corrected chi connectivity index (χ1v) is 10.8. The summed E-state index contributed by atoms with van der Waals surface area (Å²) in [4.78, 5) is 26.6. The van der Waals surface area contributed by atoms with Crippen LogP contribution in [-0.2, 0) is 16.0 Å². The van der Waals surface area contributed by atoms with Crippen LogP contribution in [0.1, 0.15) is 50.5 Å². The van der Waals surface area contributed by atoms with Crippen LogP contribution < -0.4 is 11.1 Å². The third kappa shape index (κ3) is 4.19. The fourth-order valence-corrected chi connectivity index (χ4v) is 5.19. The van der Waals surface area contributed by atoms with Crippen LogP contribution in [-0.4, -0.2) is 41.4 Å². The summed E-state index contributed by atoms with van der Waals surface area (Å²) in [6.45, 7) is 0.0269. The Hall–Kier alpha value is -2.09. The molecular weight excluding hydrogens is 395 g/mol. The molecule has 2 amide bonds. The van der Waals surface area contributed by atoms with E-state index >= 15 is 0 Å². The summed E-state index contributed by atoms with van der Waals surface area (Å²) in [5.41, 5.74) is 6.40. The van der Waals surface area contributed by atoms with Crippen molar-refractivity contribution in [1.82, 2.24) is 10.2 Å². The van der Waals surface area contributed by atoms with Gasteiger partial charge in [0.15, 0.2) is 11.6 Å². The number of carbonyl (C=O) groups is 2. The smallest absolute Gasteiger partial charge is 0.242 e. The van der Waals surface area contributed by atoms with Crippen molar-refractivity contribution in [1.29, 1.82) is 0 Å². The number of piperidine rings is 1. The molecule has 164 valence electrons. The maximum Gasteiger partial charge on any atom is 0.242 e. The molecule has 2 aliphatic heterocycles. The second-order valence-electron chi connectivity index (χ2n) is 8.99. The topological polar surface area (TPSA) is 75.4 Å². The number of halogens is 3. The van der Waals surface area contributed by atoms with Gasteiger partial charge in [0.05, 0.1) is 6.54 Å². The summed E-state index contributed by atoms with van der Waals surface area (Å²) in [6.07, 6.45) is 6.15. The molecule has 2 saturated heterocycles. The minimum atomic E-state index is -1.21. The summed E-state index contributed by atoms with van der Waals surface area (Å²) >= 11 is 0. The Bertz CT molecular complexity index is 816. The molecule has 5 nitrogen and oxygen atoms in total. The zero-order chi connectivity index (χ0) is 21.4. The molecule has 3 N–H and O–H groups in total. The average molecular weight is 423 g/mol. The van der Waals surface area contributed by atoms with Crippen molar-refractivity contribution >= 4 is 11.8 Å². The summed E-state index contributed by atoms with van der Waals surface area (Å²) < 4.78 is 40.6. The van der Waals surface area contributed by atoms with E-state index in [1.54, 1.807) is 0 Å². The third-order valence-electron chi connectivity index (χ3n) is 7.10. The zero-order valence-corrected chi connectivity index (χ0v) is 16.9. The van der Waals surface area contributed by atoms with Gasteiger partial charge in [-0.2, -0.15) is 0 Å². The molecule has 1 aromatic rings. The summed E-state index contributed by atoms with van der Waals surface area (Å²) in [5.74, 6) is -3.05. The summed E-state index contributed by atoms with van der Waals surface area (Å²) in [7, 11) is 0. The molecule has 1 aromatic carbocycles. The third-order valence-corrected chi connectivity index (χ3v) is 7.10. The molecule has 2 unspecified atom stereocenters. The number of fused-ring (bicyclic) bond motifs is 2. The molecule has 0 aromatic heterocycles. The Morgan fingerprint density at radius 2 is 1.67 bits per heavy atom. The number of rotatable bonds is 6. The molecule has 2 bridgehead atoms. The maximum absolute atomic E-state index is 14.0. The molecule has 1 saturated carbocycles. The number of hydrogen-bond donors (Lipinski definition) is 2. The Morgan fingerprint density at radius 1 is 1.03 bits per heavy atom. The molecule has 0 spiro atoms. The lowest BCUT2D eigenvalue weighted by Gasteiger charge is -2.41. The zero-order valence-electron chi connectivity index (χ0n) is 16.9. The normalized spacial score (nSPS) is 26.9. The predicted molar refractivity (Wildman–Crippen MR) is 105 cm³/mol. The van der Waals surface area contributed by atoms with Gasteiger partial charge in [0, 0.05) is 30.1 Å². The SMILES string of the molecule is N[C@H](Cc1cc(F)c(F)cc1F)C1CC2CCC(C1)N2C(=O)CNC(=O)C1CCC1. The number of amides is 2. The first-order chi connectivity index (χ1) is 14.3. The van der Waals surface area contributed by atoms with Crippen LogP contribution in [0.5, 0.6) is 0 Å². The van der Waals surface area contributed by atoms with Crippen LogP contribution in [0.3, 0.4) is 0 Å². The van der Waals surface area contributed by atoms with Crippen LogP contribution in [0.25, 0.3) is 0 Å². The Morgan fingerprint density at radius 3 is 2.27 bits per heavy atom. The molecule has 0 radical (unpaired) electrons. The number of carbonyl (C=O) groups excluding carboxylic acids is 2. The summed E-state index contributed by atoms with van der Waals surface area (Å²) in [5, 5.41) is 2.77. The van der Waals surface area contributed by atoms with Crippen molar-refractivity contribution in [2.24, 2.45) is 17.6 Å². The van der Waals surface area contributed by atoms with Gasteiger partial charge in [-0.1, -0.05) is 6.42 Å². The van der Waals surface area contributed by atoms with E-state index in [0.29, 0.717) is 18.9 Å². The van der Waals surface area contributed by atoms with Crippen LogP contribution in [0.15, 0.2) is 12.1 Å². The van der Waals surface area contributed by atoms with Crippen molar-refractivity contribution in [3.63, 3.8) is 0 Å². The Balaban J connectivity index is 1.33. The molecule has 3 fully saturated rings. The second-order valence-corrected chi connectivity index (χ2v) is 8.99. The van der Waals surface area contributed by atoms with Gasteiger partial charge in [-0.25, -0.2) is 13.2 Å². The molecular formula is C22H28F3N3O2. The van der Waals surface area contributed by atoms with Gasteiger partial charge in [0.25, 0.3) is 0 Å². The standard InChI is InChI=1S/C22H28F3N3O2/c23-17-10-19(25)18(24)8-13(17)9-20(26)14-6-15-4-5-16(7-14)28(15)21(29)11-27-22(30)12-2-1-3-12/h8,10,12,14-16,20H,1-7,9,11,26H2,(H,27,30)/t14?,15?,16?,20-/m1/s1. The van der Waals surface area contributed by atoms with Gasteiger partial charge in [0.2, 0.25) is 11.8 Å². The van der Waals surface area contributed by atoms with Gasteiger partial charge >= 0.3 is 0 Å². The number of nitrogens with zero attached hydrogens (tertiary/aromatic N) is 1. The van der Waals surface area contributed by atoms with Gasteiger partial charge < -0.3 is 16.0 Å². The second kappa shape index (κ2) is 8.57. The van der Waals surface area contributed by atoms with E-state index in [1.807, 2.05) is 4.90 Å². The Kier molecular flexibility index (Phi) is 6.04. The maximum atomic E-state index is 14.0. The van der Waals surface area contributed by atoms with Crippen molar-refractivity contribution in [2.75, 3.05) is 6.54 Å². The van der Waals surface area contributed by atoms with Gasteiger partial charge in [0.1, 0.15) is 5.82 Å². The largest absolute Gasteiger partial charge is 0.347 e. The quantitative estimate of drug-likeness (QED) is 0.691. The van der Waals surface area contributed by atoms with E-state index < -0.39 is 23.5 Å². The highest BCUT2D eigenvalue weighted by molar-refractivity contribution is 5.86. The fraction of sp³-hybridized carbons (Fsp3) is 0.636. The lowest BCUT2D eigenvalue weighted by Crippen LogP contribution is -2.53. The van der Waals surface area contributed by atoms with Crippen LogP contribution in [0.2, 0.25) is 0 Å². The van der Waals surface area contributed by atoms with E-state index in [1.165, 1.54) is 0 Å². The van der Waals surface area contributed by atoms with E-state index in [2.05, 4.69) is 5.32 Å². The molecule has 1 aliphatic carbocycles. The summed E-state index contributed by atoms with van der Waals surface area (Å²) in [6, 6.07) is 1.15. The van der Waals surface area contributed by atoms with E-state index in [9.17, 15) is 22.8 Å². The first kappa shape index (κ1) is 21.2. The van der Waals surface area contributed by atoms with Crippen molar-refractivity contribution in [3.8, 4) is 0 Å². The molecule has 30 heavy (non-hydrogen) atoms. The number of nitrogens with one attached hydrogen (secondary N) is 1. The molecule has 8 heteroatoms. The van der Waals surface area contributed by atoms with Crippen LogP contribution in [0.4, 0.5) is 13.2 Å². The monoisotopic (exact) mass is 423 g/mol.